The molecule has 106 valence electrons. The Morgan fingerprint density at radius 3 is 2.84 bits per heavy atom. The van der Waals surface area contributed by atoms with Crippen molar-refractivity contribution < 1.29 is 9.84 Å². The van der Waals surface area contributed by atoms with E-state index < -0.39 is 0 Å². The fourth-order valence-electron chi connectivity index (χ4n) is 2.47. The van der Waals surface area contributed by atoms with Gasteiger partial charge in [-0.25, -0.2) is 0 Å². The van der Waals surface area contributed by atoms with Gasteiger partial charge in [0.05, 0.1) is 12.2 Å². The van der Waals surface area contributed by atoms with Gasteiger partial charge in [0.2, 0.25) is 0 Å². The fraction of sp³-hybridized carbons (Fsp3) is 0.625. The molecule has 1 saturated heterocycles. The normalized spacial score (nSPS) is 25.2. The van der Waals surface area contributed by atoms with Crippen molar-refractivity contribution >= 4 is 11.8 Å². The summed E-state index contributed by atoms with van der Waals surface area (Å²) in [5, 5.41) is 10.3. The average Bonchev–Trinajstić information content (AvgIpc) is 2.44. The molecule has 1 aliphatic heterocycles. The minimum Gasteiger partial charge on any atom is -0.393 e. The smallest absolute Gasteiger partial charge is 0.0721 e. The van der Waals surface area contributed by atoms with Crippen LogP contribution in [-0.2, 0) is 4.74 Å². The maximum Gasteiger partial charge on any atom is 0.0721 e. The van der Waals surface area contributed by atoms with Gasteiger partial charge in [-0.15, -0.1) is 11.8 Å². The van der Waals surface area contributed by atoms with E-state index in [0.717, 1.165) is 19.3 Å². The van der Waals surface area contributed by atoms with Gasteiger partial charge in [-0.2, -0.15) is 0 Å². The lowest BCUT2D eigenvalue weighted by atomic mass is 10.0. The van der Waals surface area contributed by atoms with Crippen molar-refractivity contribution in [2.24, 2.45) is 0 Å². The van der Waals surface area contributed by atoms with Crippen LogP contribution in [0.1, 0.15) is 39.0 Å². The molecule has 2 nitrogen and oxygen atoms in total. The fourth-order valence-corrected chi connectivity index (χ4v) is 3.76. The van der Waals surface area contributed by atoms with Crippen molar-refractivity contribution in [3.8, 4) is 0 Å². The van der Waals surface area contributed by atoms with Crippen LogP contribution >= 0.6 is 11.8 Å². The zero-order chi connectivity index (χ0) is 13.5. The minimum absolute atomic E-state index is 0.181. The largest absolute Gasteiger partial charge is 0.393 e. The molecule has 0 radical (unpaired) electrons. The summed E-state index contributed by atoms with van der Waals surface area (Å²) < 4.78 is 5.90. The number of hydrogen-bond donors (Lipinski definition) is 1. The monoisotopic (exact) mass is 280 g/mol. The summed E-state index contributed by atoms with van der Waals surface area (Å²) in [6, 6.07) is 10.5. The molecule has 1 aliphatic rings. The number of rotatable bonds is 6. The molecule has 1 aromatic rings. The first-order valence-corrected chi connectivity index (χ1v) is 8.19. The Balaban J connectivity index is 1.98. The van der Waals surface area contributed by atoms with Crippen molar-refractivity contribution in [3.05, 3.63) is 30.3 Å². The summed E-state index contributed by atoms with van der Waals surface area (Å²) in [6.45, 7) is 2.92. The number of aliphatic hydroxyl groups is 1. The highest BCUT2D eigenvalue weighted by Gasteiger charge is 2.28. The molecular formula is C16H24O2S. The Morgan fingerprint density at radius 2 is 2.16 bits per heavy atom. The van der Waals surface area contributed by atoms with Crippen LogP contribution in [0.4, 0.5) is 0 Å². The van der Waals surface area contributed by atoms with Crippen LogP contribution in [0.2, 0.25) is 0 Å². The van der Waals surface area contributed by atoms with Gasteiger partial charge in [-0.1, -0.05) is 38.0 Å². The number of thioether (sulfide) groups is 1. The van der Waals surface area contributed by atoms with E-state index in [1.165, 1.54) is 17.7 Å². The second-order valence-corrected chi connectivity index (χ2v) is 6.51. The van der Waals surface area contributed by atoms with Gasteiger partial charge in [-0.05, 0) is 25.0 Å². The van der Waals surface area contributed by atoms with E-state index in [1.807, 2.05) is 17.8 Å². The van der Waals surface area contributed by atoms with E-state index in [1.54, 1.807) is 0 Å². The van der Waals surface area contributed by atoms with Crippen LogP contribution in [-0.4, -0.2) is 29.2 Å². The molecule has 0 aliphatic carbocycles. The van der Waals surface area contributed by atoms with Crippen molar-refractivity contribution in [3.63, 3.8) is 0 Å². The molecule has 3 heteroatoms. The Morgan fingerprint density at radius 1 is 1.37 bits per heavy atom. The maximum absolute atomic E-state index is 9.83. The minimum atomic E-state index is -0.181. The highest BCUT2D eigenvalue weighted by atomic mass is 32.2. The third-order valence-corrected chi connectivity index (χ3v) is 4.96. The van der Waals surface area contributed by atoms with Gasteiger partial charge in [0.1, 0.15) is 0 Å². The molecular weight excluding hydrogens is 256 g/mol. The molecule has 0 spiro atoms. The number of benzene rings is 1. The summed E-state index contributed by atoms with van der Waals surface area (Å²) >= 11 is 1.90. The topological polar surface area (TPSA) is 29.5 Å². The first-order valence-electron chi connectivity index (χ1n) is 7.31. The molecule has 0 aromatic heterocycles. The van der Waals surface area contributed by atoms with E-state index in [0.29, 0.717) is 11.9 Å². The van der Waals surface area contributed by atoms with Crippen LogP contribution < -0.4 is 0 Å². The third-order valence-electron chi connectivity index (χ3n) is 3.57. The summed E-state index contributed by atoms with van der Waals surface area (Å²) in [4.78, 5) is 1.30. The second kappa shape index (κ2) is 7.93. The first-order chi connectivity index (χ1) is 9.29. The van der Waals surface area contributed by atoms with Crippen LogP contribution in [0.5, 0.6) is 0 Å². The molecule has 0 amide bonds. The Labute approximate surface area is 120 Å². The lowest BCUT2D eigenvalue weighted by Crippen LogP contribution is -2.36. The van der Waals surface area contributed by atoms with Crippen molar-refractivity contribution in [1.29, 1.82) is 0 Å². The molecule has 1 fully saturated rings. The standard InChI is InChI=1S/C16H24O2S/c1-2-3-9-16(15-12-13(17)10-11-18-15)19-14-7-5-4-6-8-14/h4-8,13,15-17H,2-3,9-12H2,1H3/t13-,15?,16-/m1/s1. The Hall–Kier alpha value is -0.510. The first kappa shape index (κ1) is 14.9. The summed E-state index contributed by atoms with van der Waals surface area (Å²) in [5.74, 6) is 0. The van der Waals surface area contributed by atoms with Crippen molar-refractivity contribution in [2.45, 2.75) is 61.4 Å². The molecule has 0 bridgehead atoms. The van der Waals surface area contributed by atoms with E-state index in [-0.39, 0.29) is 12.2 Å². The summed E-state index contributed by atoms with van der Waals surface area (Å²) in [5.41, 5.74) is 0. The molecule has 3 atom stereocenters. The SMILES string of the molecule is CCCC[C@@H](Sc1ccccc1)C1C[C@H](O)CCO1. The van der Waals surface area contributed by atoms with Gasteiger partial charge in [-0.3, -0.25) is 0 Å². The van der Waals surface area contributed by atoms with Gasteiger partial charge >= 0.3 is 0 Å². The molecule has 19 heavy (non-hydrogen) atoms. The molecule has 0 saturated carbocycles. The van der Waals surface area contributed by atoms with Crippen LogP contribution in [0.3, 0.4) is 0 Å². The molecule has 2 rings (SSSR count). The van der Waals surface area contributed by atoms with Crippen molar-refractivity contribution in [1.82, 2.24) is 0 Å². The lowest BCUT2D eigenvalue weighted by Gasteiger charge is -2.32. The van der Waals surface area contributed by atoms with Gasteiger partial charge in [0.15, 0.2) is 0 Å². The van der Waals surface area contributed by atoms with Crippen LogP contribution in [0, 0.1) is 0 Å². The zero-order valence-corrected chi connectivity index (χ0v) is 12.4. The Kier molecular flexibility index (Phi) is 6.21. The van der Waals surface area contributed by atoms with Gasteiger partial charge in [0, 0.05) is 23.2 Å². The van der Waals surface area contributed by atoms with E-state index in [2.05, 4.69) is 31.2 Å². The number of hydrogen-bond acceptors (Lipinski definition) is 3. The van der Waals surface area contributed by atoms with Crippen LogP contribution in [0.15, 0.2) is 35.2 Å². The maximum atomic E-state index is 9.83. The second-order valence-electron chi connectivity index (χ2n) is 5.20. The lowest BCUT2D eigenvalue weighted by molar-refractivity contribution is -0.0441. The summed E-state index contributed by atoms with van der Waals surface area (Å²) in [7, 11) is 0. The summed E-state index contributed by atoms with van der Waals surface area (Å²) in [6.07, 6.45) is 5.18. The molecule has 1 aromatic carbocycles. The predicted octanol–water partition coefficient (Wildman–Crippen LogP) is 3.88. The highest BCUT2D eigenvalue weighted by Crippen LogP contribution is 2.33. The zero-order valence-electron chi connectivity index (χ0n) is 11.6. The third kappa shape index (κ3) is 4.83. The molecule has 1 N–H and O–H groups in total. The van der Waals surface area contributed by atoms with Crippen molar-refractivity contribution in [2.75, 3.05) is 6.61 Å². The quantitative estimate of drug-likeness (QED) is 0.802. The average molecular weight is 280 g/mol. The van der Waals surface area contributed by atoms with E-state index in [4.69, 9.17) is 4.74 Å². The van der Waals surface area contributed by atoms with E-state index >= 15 is 0 Å². The predicted molar refractivity (Wildman–Crippen MR) is 80.6 cm³/mol. The van der Waals surface area contributed by atoms with Gasteiger partial charge < -0.3 is 9.84 Å². The molecule has 1 heterocycles. The van der Waals surface area contributed by atoms with E-state index in [9.17, 15) is 5.11 Å². The van der Waals surface area contributed by atoms with Crippen LogP contribution in [0.25, 0.3) is 0 Å². The number of aliphatic hydroxyl groups excluding tert-OH is 1. The Bertz CT molecular complexity index is 355. The number of unbranched alkanes of at least 4 members (excludes halogenated alkanes) is 1. The van der Waals surface area contributed by atoms with Gasteiger partial charge in [0.25, 0.3) is 0 Å². The molecule has 1 unspecified atom stereocenters. The highest BCUT2D eigenvalue weighted by molar-refractivity contribution is 8.00. The number of ether oxygens (including phenoxy) is 1.